The summed E-state index contributed by atoms with van der Waals surface area (Å²) in [7, 11) is 1.36. The number of aliphatic hydroxyl groups excluding tert-OH is 1. The predicted octanol–water partition coefficient (Wildman–Crippen LogP) is 4.44. The van der Waals surface area contributed by atoms with Crippen molar-refractivity contribution < 1.29 is 13.9 Å². The Morgan fingerprint density at radius 2 is 2.00 bits per heavy atom. The summed E-state index contributed by atoms with van der Waals surface area (Å²) in [5.41, 5.74) is 6.56. The number of rotatable bonds is 8. The van der Waals surface area contributed by atoms with E-state index in [1.165, 1.54) is 26.4 Å². The Morgan fingerprint density at radius 1 is 1.31 bits per heavy atom. The summed E-state index contributed by atoms with van der Waals surface area (Å²) in [6, 6.07) is 0.996. The summed E-state index contributed by atoms with van der Waals surface area (Å²) >= 11 is 2.09. The van der Waals surface area contributed by atoms with E-state index in [1.807, 2.05) is 34.6 Å². The maximum absolute atomic E-state index is 14.7. The Hall–Kier alpha value is -2.23. The van der Waals surface area contributed by atoms with Crippen LogP contribution in [0.4, 0.5) is 14.6 Å². The van der Waals surface area contributed by atoms with Crippen LogP contribution in [-0.4, -0.2) is 48.2 Å². The molecule has 0 bridgehead atoms. The van der Waals surface area contributed by atoms with E-state index < -0.39 is 11.6 Å². The molecule has 0 spiro atoms. The second kappa shape index (κ2) is 12.6. The van der Waals surface area contributed by atoms with Gasteiger partial charge < -0.3 is 21.2 Å². The van der Waals surface area contributed by atoms with Gasteiger partial charge in [-0.15, -0.1) is 0 Å². The third-order valence-corrected chi connectivity index (χ3v) is 6.60. The first-order valence-electron chi connectivity index (χ1n) is 10.9. The van der Waals surface area contributed by atoms with Gasteiger partial charge in [-0.25, -0.2) is 29.6 Å². The van der Waals surface area contributed by atoms with Gasteiger partial charge in [-0.05, 0) is 11.5 Å². The molecule has 3 rings (SSSR count). The summed E-state index contributed by atoms with van der Waals surface area (Å²) in [6.45, 7) is 9.83. The van der Waals surface area contributed by atoms with E-state index in [9.17, 15) is 8.78 Å². The van der Waals surface area contributed by atoms with Gasteiger partial charge in [0.15, 0.2) is 23.1 Å². The molecule has 0 amide bonds. The zero-order valence-corrected chi connectivity index (χ0v) is 23.2. The Kier molecular flexibility index (Phi) is 10.5. The van der Waals surface area contributed by atoms with Crippen LogP contribution in [0.25, 0.3) is 22.4 Å². The lowest BCUT2D eigenvalue weighted by molar-refractivity contribution is 0.257. The molecule has 3 aromatic rings. The van der Waals surface area contributed by atoms with E-state index in [0.717, 1.165) is 12.4 Å². The average molecular weight is 621 g/mol. The SMILES string of the molecule is CC.CC(C)(C)C(CN(N)/C=C(\N)CO)Nc1nc(-c2cn(SI)c3ncc(F)cc23)ncc1F. The molecule has 1 atom stereocenters. The Balaban J connectivity index is 0.00000210. The van der Waals surface area contributed by atoms with Gasteiger partial charge in [-0.3, -0.25) is 3.97 Å². The van der Waals surface area contributed by atoms with E-state index in [-0.39, 0.29) is 41.9 Å². The number of aromatic nitrogens is 4. The van der Waals surface area contributed by atoms with Crippen molar-refractivity contribution in [3.63, 3.8) is 0 Å². The predicted molar refractivity (Wildman–Crippen MR) is 146 cm³/mol. The number of nitrogens with zero attached hydrogens (tertiary/aromatic N) is 5. The lowest BCUT2D eigenvalue weighted by Crippen LogP contribution is -2.45. The average Bonchev–Trinajstić information content (AvgIpc) is 3.18. The number of hydrogen-bond donors (Lipinski definition) is 4. The number of hydrazine groups is 1. The Bertz CT molecular complexity index is 1170. The molecular weight excluding hydrogens is 589 g/mol. The minimum atomic E-state index is -0.640. The molecule has 0 aromatic carbocycles. The highest BCUT2D eigenvalue weighted by Crippen LogP contribution is 2.33. The van der Waals surface area contributed by atoms with Crippen LogP contribution in [0, 0.1) is 17.0 Å². The fraction of sp³-hybridized carbons (Fsp3) is 0.409. The van der Waals surface area contributed by atoms with Crippen molar-refractivity contribution in [3.8, 4) is 11.4 Å². The van der Waals surface area contributed by atoms with Crippen molar-refractivity contribution in [2.24, 2.45) is 17.0 Å². The van der Waals surface area contributed by atoms with E-state index in [0.29, 0.717) is 16.6 Å². The van der Waals surface area contributed by atoms with Gasteiger partial charge in [-0.1, -0.05) is 34.6 Å². The lowest BCUT2D eigenvalue weighted by atomic mass is 9.86. The normalized spacial score (nSPS) is 12.8. The first-order chi connectivity index (χ1) is 16.5. The second-order valence-corrected chi connectivity index (χ2v) is 10.2. The van der Waals surface area contributed by atoms with Crippen LogP contribution in [0.2, 0.25) is 0 Å². The minimum Gasteiger partial charge on any atom is -0.399 e. The molecule has 1 unspecified atom stereocenters. The summed E-state index contributed by atoms with van der Waals surface area (Å²) in [4.78, 5) is 12.7. The molecular formula is C22H31F2IN8OS. The van der Waals surface area contributed by atoms with Crippen LogP contribution in [-0.2, 0) is 0 Å². The highest BCUT2D eigenvalue weighted by Gasteiger charge is 2.28. The zero-order chi connectivity index (χ0) is 26.3. The molecule has 9 nitrogen and oxygen atoms in total. The summed E-state index contributed by atoms with van der Waals surface area (Å²) in [5.74, 6) is 5.08. The van der Waals surface area contributed by atoms with Crippen molar-refractivity contribution >= 4 is 47.2 Å². The van der Waals surface area contributed by atoms with Crippen molar-refractivity contribution in [3.05, 3.63) is 48.2 Å². The highest BCUT2D eigenvalue weighted by atomic mass is 127. The fourth-order valence-corrected chi connectivity index (χ4v) is 4.36. The van der Waals surface area contributed by atoms with Gasteiger partial charge >= 0.3 is 0 Å². The fourth-order valence-electron chi connectivity index (χ4n) is 3.10. The van der Waals surface area contributed by atoms with E-state index in [4.69, 9.17) is 16.7 Å². The van der Waals surface area contributed by atoms with Crippen molar-refractivity contribution in [1.82, 2.24) is 23.9 Å². The second-order valence-electron chi connectivity index (χ2n) is 8.47. The van der Waals surface area contributed by atoms with Gasteiger partial charge in [-0.2, -0.15) is 0 Å². The summed E-state index contributed by atoms with van der Waals surface area (Å²) < 4.78 is 30.4. The van der Waals surface area contributed by atoms with Gasteiger partial charge in [0.1, 0.15) is 5.82 Å². The van der Waals surface area contributed by atoms with Crippen LogP contribution in [0.3, 0.4) is 0 Å². The molecule has 0 aliphatic heterocycles. The standard InChI is InChI=1S/C20H25F2IN8OS.C2H6/c1-20(2,3)16(9-30(25)7-12(24)10-32)28-18-15(22)6-26-17(29-18)14-8-31(33-23)19-13(14)4-11(21)5-27-19;1-2/h4-8,16,32H,9-10,24-25H2,1-3H3,(H,26,28,29);1-2H3/b12-7-;. The van der Waals surface area contributed by atoms with Crippen LogP contribution in [0.1, 0.15) is 34.6 Å². The van der Waals surface area contributed by atoms with Crippen molar-refractivity contribution in [2.75, 3.05) is 18.5 Å². The van der Waals surface area contributed by atoms with Crippen LogP contribution >= 0.6 is 30.3 Å². The third kappa shape index (κ3) is 7.38. The maximum Gasteiger partial charge on any atom is 0.183 e. The van der Waals surface area contributed by atoms with Crippen LogP contribution in [0.15, 0.2) is 36.6 Å². The smallest absolute Gasteiger partial charge is 0.183 e. The topological polar surface area (TPSA) is 131 Å². The monoisotopic (exact) mass is 620 g/mol. The van der Waals surface area contributed by atoms with Crippen LogP contribution < -0.4 is 16.9 Å². The maximum atomic E-state index is 14.7. The minimum absolute atomic E-state index is 0.0141. The molecule has 35 heavy (non-hydrogen) atoms. The van der Waals surface area contributed by atoms with Gasteiger partial charge in [0.25, 0.3) is 0 Å². The molecule has 13 heteroatoms. The number of anilines is 1. The zero-order valence-electron chi connectivity index (χ0n) is 20.3. The van der Waals surface area contributed by atoms with Crippen molar-refractivity contribution in [2.45, 2.75) is 40.7 Å². The molecule has 192 valence electrons. The van der Waals surface area contributed by atoms with Gasteiger partial charge in [0.2, 0.25) is 0 Å². The Morgan fingerprint density at radius 3 is 2.60 bits per heavy atom. The Labute approximate surface area is 220 Å². The number of pyridine rings is 1. The van der Waals surface area contributed by atoms with Crippen molar-refractivity contribution in [1.29, 1.82) is 0 Å². The quantitative estimate of drug-likeness (QED) is 0.164. The molecule has 0 aliphatic rings. The molecule has 6 N–H and O–H groups in total. The first kappa shape index (κ1) is 29.0. The molecule has 0 saturated heterocycles. The summed E-state index contributed by atoms with van der Waals surface area (Å²) in [5, 5.41) is 14.1. The molecule has 0 fully saturated rings. The van der Waals surface area contributed by atoms with E-state index >= 15 is 0 Å². The first-order valence-corrected chi connectivity index (χ1v) is 14.2. The molecule has 0 aliphatic carbocycles. The number of hydrogen-bond acceptors (Lipinski definition) is 9. The van der Waals surface area contributed by atoms with Gasteiger partial charge in [0, 0.05) is 53.7 Å². The number of fused-ring (bicyclic) bond motifs is 1. The number of nitrogens with one attached hydrogen (secondary N) is 1. The number of aliphatic hydroxyl groups is 1. The lowest BCUT2D eigenvalue weighted by Gasteiger charge is -2.34. The highest BCUT2D eigenvalue weighted by molar-refractivity contribution is 14.2. The van der Waals surface area contributed by atoms with E-state index in [1.54, 1.807) is 10.2 Å². The number of nitrogens with two attached hydrogens (primary N) is 2. The molecule has 0 saturated carbocycles. The number of halogens is 3. The molecule has 0 radical (unpaired) electrons. The molecule has 3 aromatic heterocycles. The summed E-state index contributed by atoms with van der Waals surface area (Å²) in [6.07, 6.45) is 5.36. The molecule has 3 heterocycles. The third-order valence-electron chi connectivity index (χ3n) is 4.90. The van der Waals surface area contributed by atoms with E-state index in [2.05, 4.69) is 41.5 Å². The largest absolute Gasteiger partial charge is 0.399 e. The van der Waals surface area contributed by atoms with Crippen LogP contribution in [0.5, 0.6) is 0 Å². The van der Waals surface area contributed by atoms with Gasteiger partial charge in [0.05, 0.1) is 37.3 Å².